The number of para-hydroxylation sites is 1. The number of nitrogens with zero attached hydrogens (tertiary/aromatic N) is 1. The zero-order valence-electron chi connectivity index (χ0n) is 9.33. The van der Waals surface area contributed by atoms with Crippen LogP contribution in [0.4, 0.5) is 5.69 Å². The van der Waals surface area contributed by atoms with Gasteiger partial charge in [0.2, 0.25) is 0 Å². The first-order valence-corrected chi connectivity index (χ1v) is 4.81. The summed E-state index contributed by atoms with van der Waals surface area (Å²) in [6.07, 6.45) is 0. The molecular formula is C12H18N2. The number of nitrogens with one attached hydrogen (secondary N) is 1. The van der Waals surface area contributed by atoms with Gasteiger partial charge in [-0.2, -0.15) is 0 Å². The number of benzene rings is 1. The number of amidine groups is 1. The molecule has 0 aromatic heterocycles. The monoisotopic (exact) mass is 190 g/mol. The van der Waals surface area contributed by atoms with E-state index >= 15 is 0 Å². The summed E-state index contributed by atoms with van der Waals surface area (Å²) in [4.78, 5) is 1.92. The maximum atomic E-state index is 8.01. The fourth-order valence-electron chi connectivity index (χ4n) is 1.28. The molecule has 0 saturated heterocycles. The van der Waals surface area contributed by atoms with E-state index in [0.29, 0.717) is 5.84 Å². The van der Waals surface area contributed by atoms with Crippen molar-refractivity contribution in [3.8, 4) is 0 Å². The molecule has 14 heavy (non-hydrogen) atoms. The van der Waals surface area contributed by atoms with Gasteiger partial charge in [-0.05, 0) is 12.1 Å². The van der Waals surface area contributed by atoms with E-state index in [2.05, 4.69) is 20.8 Å². The summed E-state index contributed by atoms with van der Waals surface area (Å²) in [6.45, 7) is 6.15. The smallest absolute Gasteiger partial charge is 0.105 e. The van der Waals surface area contributed by atoms with Crippen molar-refractivity contribution in [1.82, 2.24) is 0 Å². The maximum Gasteiger partial charge on any atom is 0.105 e. The van der Waals surface area contributed by atoms with E-state index in [0.717, 1.165) is 5.69 Å². The highest BCUT2D eigenvalue weighted by molar-refractivity contribution is 5.98. The van der Waals surface area contributed by atoms with Crippen molar-refractivity contribution >= 4 is 11.5 Å². The van der Waals surface area contributed by atoms with Crippen molar-refractivity contribution in [2.75, 3.05) is 11.9 Å². The highest BCUT2D eigenvalue weighted by atomic mass is 15.1. The molecule has 0 aliphatic carbocycles. The van der Waals surface area contributed by atoms with Crippen LogP contribution in [0.2, 0.25) is 0 Å². The molecule has 0 unspecified atom stereocenters. The molecule has 0 aliphatic heterocycles. The molecule has 0 aliphatic rings. The minimum atomic E-state index is -0.107. The lowest BCUT2D eigenvalue weighted by atomic mass is 9.94. The minimum Gasteiger partial charge on any atom is -0.333 e. The zero-order valence-corrected chi connectivity index (χ0v) is 9.33. The first-order chi connectivity index (χ1) is 6.43. The van der Waals surface area contributed by atoms with Gasteiger partial charge in [-0.15, -0.1) is 0 Å². The van der Waals surface area contributed by atoms with Crippen LogP contribution in [0.25, 0.3) is 0 Å². The summed E-state index contributed by atoms with van der Waals surface area (Å²) in [5, 5.41) is 8.01. The lowest BCUT2D eigenvalue weighted by molar-refractivity contribution is 0.576. The molecule has 2 nitrogen and oxygen atoms in total. The van der Waals surface area contributed by atoms with Crippen molar-refractivity contribution in [3.63, 3.8) is 0 Å². The SMILES string of the molecule is CN(C(=N)C(C)(C)C)c1ccccc1. The van der Waals surface area contributed by atoms with Crippen molar-refractivity contribution in [2.24, 2.45) is 5.41 Å². The molecule has 0 bridgehead atoms. The molecule has 1 N–H and O–H groups in total. The Kier molecular flexibility index (Phi) is 2.94. The zero-order chi connectivity index (χ0) is 10.8. The third-order valence-electron chi connectivity index (χ3n) is 2.19. The molecular weight excluding hydrogens is 172 g/mol. The summed E-state index contributed by atoms with van der Waals surface area (Å²) < 4.78 is 0. The van der Waals surface area contributed by atoms with Crippen molar-refractivity contribution < 1.29 is 0 Å². The molecule has 0 amide bonds. The van der Waals surface area contributed by atoms with Crippen molar-refractivity contribution in [1.29, 1.82) is 5.41 Å². The van der Waals surface area contributed by atoms with E-state index < -0.39 is 0 Å². The molecule has 1 aromatic carbocycles. The van der Waals surface area contributed by atoms with Gasteiger partial charge in [-0.3, -0.25) is 5.41 Å². The third kappa shape index (κ3) is 2.34. The second kappa shape index (κ2) is 3.82. The lowest BCUT2D eigenvalue weighted by Crippen LogP contribution is -2.35. The molecule has 0 atom stereocenters. The highest BCUT2D eigenvalue weighted by Gasteiger charge is 2.21. The minimum absolute atomic E-state index is 0.107. The van der Waals surface area contributed by atoms with E-state index in [4.69, 9.17) is 5.41 Å². The van der Waals surface area contributed by atoms with Crippen molar-refractivity contribution in [3.05, 3.63) is 30.3 Å². The quantitative estimate of drug-likeness (QED) is 0.534. The third-order valence-corrected chi connectivity index (χ3v) is 2.19. The Morgan fingerprint density at radius 3 is 2.07 bits per heavy atom. The van der Waals surface area contributed by atoms with Gasteiger partial charge in [-0.25, -0.2) is 0 Å². The maximum absolute atomic E-state index is 8.01. The van der Waals surface area contributed by atoms with E-state index in [1.165, 1.54) is 0 Å². The van der Waals surface area contributed by atoms with Gasteiger partial charge < -0.3 is 4.90 Å². The lowest BCUT2D eigenvalue weighted by Gasteiger charge is -2.29. The molecule has 0 heterocycles. The summed E-state index contributed by atoms with van der Waals surface area (Å²) in [7, 11) is 1.93. The summed E-state index contributed by atoms with van der Waals surface area (Å²) in [6, 6.07) is 9.99. The van der Waals surface area contributed by atoms with Crippen LogP contribution in [0.5, 0.6) is 0 Å². The normalized spacial score (nSPS) is 11.1. The van der Waals surface area contributed by atoms with E-state index in [-0.39, 0.29) is 5.41 Å². The predicted molar refractivity (Wildman–Crippen MR) is 62.0 cm³/mol. The Morgan fingerprint density at radius 2 is 1.64 bits per heavy atom. The van der Waals surface area contributed by atoms with Gasteiger partial charge in [-0.1, -0.05) is 39.0 Å². The molecule has 0 spiro atoms. The summed E-state index contributed by atoms with van der Waals surface area (Å²) in [5.74, 6) is 0.628. The van der Waals surface area contributed by atoms with Crippen molar-refractivity contribution in [2.45, 2.75) is 20.8 Å². The fourth-order valence-corrected chi connectivity index (χ4v) is 1.28. The average Bonchev–Trinajstić information content (AvgIpc) is 2.15. The Bertz CT molecular complexity index is 309. The van der Waals surface area contributed by atoms with Crippen LogP contribution in [0, 0.1) is 10.8 Å². The highest BCUT2D eigenvalue weighted by Crippen LogP contribution is 2.21. The molecule has 0 fully saturated rings. The Hall–Kier alpha value is -1.31. The first kappa shape index (κ1) is 10.8. The molecule has 76 valence electrons. The molecule has 1 aromatic rings. The molecule has 0 radical (unpaired) electrons. The van der Waals surface area contributed by atoms with Crippen LogP contribution in [0.1, 0.15) is 20.8 Å². The van der Waals surface area contributed by atoms with Gasteiger partial charge in [0, 0.05) is 18.2 Å². The Labute approximate surface area is 86.1 Å². The Balaban J connectivity index is 2.87. The standard InChI is InChI=1S/C12H18N2/c1-12(2,3)11(13)14(4)10-8-6-5-7-9-10/h5-9,13H,1-4H3. The van der Waals surface area contributed by atoms with Crippen LogP contribution in [-0.4, -0.2) is 12.9 Å². The molecule has 1 rings (SSSR count). The largest absolute Gasteiger partial charge is 0.333 e. The van der Waals surface area contributed by atoms with Gasteiger partial charge in [0.25, 0.3) is 0 Å². The predicted octanol–water partition coefficient (Wildman–Crippen LogP) is 3.15. The van der Waals surface area contributed by atoms with E-state index in [9.17, 15) is 0 Å². The second-order valence-electron chi connectivity index (χ2n) is 4.49. The average molecular weight is 190 g/mol. The number of hydrogen-bond donors (Lipinski definition) is 1. The topological polar surface area (TPSA) is 27.1 Å². The number of rotatable bonds is 1. The summed E-state index contributed by atoms with van der Waals surface area (Å²) >= 11 is 0. The molecule has 0 saturated carbocycles. The number of anilines is 1. The van der Waals surface area contributed by atoms with Crippen LogP contribution >= 0.6 is 0 Å². The van der Waals surface area contributed by atoms with Gasteiger partial charge in [0.1, 0.15) is 5.84 Å². The van der Waals surface area contributed by atoms with E-state index in [1.54, 1.807) is 0 Å². The van der Waals surface area contributed by atoms with Crippen LogP contribution in [-0.2, 0) is 0 Å². The summed E-state index contributed by atoms with van der Waals surface area (Å²) in [5.41, 5.74) is 0.956. The fraction of sp³-hybridized carbons (Fsp3) is 0.417. The number of hydrogen-bond acceptors (Lipinski definition) is 1. The first-order valence-electron chi connectivity index (χ1n) is 4.81. The van der Waals surface area contributed by atoms with Gasteiger partial charge in [0.15, 0.2) is 0 Å². The van der Waals surface area contributed by atoms with E-state index in [1.807, 2.05) is 42.3 Å². The van der Waals surface area contributed by atoms with Crippen LogP contribution in [0.3, 0.4) is 0 Å². The van der Waals surface area contributed by atoms with Gasteiger partial charge in [0.05, 0.1) is 0 Å². The Morgan fingerprint density at radius 1 is 1.14 bits per heavy atom. The second-order valence-corrected chi connectivity index (χ2v) is 4.49. The molecule has 2 heteroatoms. The van der Waals surface area contributed by atoms with Gasteiger partial charge >= 0.3 is 0 Å². The van der Waals surface area contributed by atoms with Crippen LogP contribution in [0.15, 0.2) is 30.3 Å². The van der Waals surface area contributed by atoms with Crippen LogP contribution < -0.4 is 4.90 Å².